The maximum Gasteiger partial charge on any atom is 0.158 e. The Balaban J connectivity index is 2.19. The number of aryl methyl sites for hydroxylation is 4. The van der Waals surface area contributed by atoms with Crippen molar-refractivity contribution in [1.29, 1.82) is 0 Å². The van der Waals surface area contributed by atoms with Crippen LogP contribution in [0.15, 0.2) is 12.1 Å². The van der Waals surface area contributed by atoms with Gasteiger partial charge in [0.25, 0.3) is 0 Å². The van der Waals surface area contributed by atoms with Crippen molar-refractivity contribution in [2.24, 2.45) is 0 Å². The van der Waals surface area contributed by atoms with E-state index >= 15 is 0 Å². The molecule has 0 fully saturated rings. The molecule has 0 aliphatic heterocycles. The molecule has 0 bridgehead atoms. The summed E-state index contributed by atoms with van der Waals surface area (Å²) in [6, 6.07) is 4.59. The molecule has 140 valence electrons. The molecule has 3 aromatic rings. The van der Waals surface area contributed by atoms with Gasteiger partial charge in [0, 0.05) is 10.4 Å². The summed E-state index contributed by atoms with van der Waals surface area (Å²) in [6.07, 6.45) is 5.93. The van der Waals surface area contributed by atoms with Gasteiger partial charge in [0.1, 0.15) is 5.69 Å². The van der Waals surface area contributed by atoms with Gasteiger partial charge in [-0.05, 0) is 70.1 Å². The molecule has 0 saturated heterocycles. The van der Waals surface area contributed by atoms with Crippen molar-refractivity contribution in [2.75, 3.05) is 0 Å². The second-order valence-corrected chi connectivity index (χ2v) is 8.50. The van der Waals surface area contributed by atoms with Crippen LogP contribution >= 0.6 is 11.3 Å². The van der Waals surface area contributed by atoms with Crippen molar-refractivity contribution >= 4 is 17.0 Å². The van der Waals surface area contributed by atoms with Crippen molar-refractivity contribution in [2.45, 2.75) is 79.6 Å². The SMILES string of the molecule is CCCCc1cc(C)c(-c2c(C)nc3c(C(CC)CC)cc(C)nn23)s1. The van der Waals surface area contributed by atoms with Gasteiger partial charge in [-0.3, -0.25) is 0 Å². The lowest BCUT2D eigenvalue weighted by Gasteiger charge is -2.14. The summed E-state index contributed by atoms with van der Waals surface area (Å²) >= 11 is 1.92. The number of thiophene rings is 1. The van der Waals surface area contributed by atoms with E-state index in [0.717, 1.165) is 29.9 Å². The van der Waals surface area contributed by atoms with Gasteiger partial charge in [-0.25, -0.2) is 9.50 Å². The largest absolute Gasteiger partial charge is 0.231 e. The molecule has 0 amide bonds. The molecule has 26 heavy (non-hydrogen) atoms. The third-order valence-electron chi connectivity index (χ3n) is 5.30. The number of nitrogens with zero attached hydrogens (tertiary/aromatic N) is 3. The monoisotopic (exact) mass is 369 g/mol. The number of imidazole rings is 1. The first-order valence-electron chi connectivity index (χ1n) is 9.96. The minimum atomic E-state index is 0.540. The Hall–Kier alpha value is -1.68. The average Bonchev–Trinajstić information content (AvgIpc) is 3.12. The standard InChI is InChI=1S/C22H31N3S/c1-7-10-11-18-12-14(4)21(26-18)20-16(6)23-22-19(17(8-2)9-3)13-15(5)24-25(20)22/h12-13,17H,7-11H2,1-6H3. The van der Waals surface area contributed by atoms with E-state index in [1.54, 1.807) is 0 Å². The minimum Gasteiger partial charge on any atom is -0.231 e. The minimum absolute atomic E-state index is 0.540. The molecule has 0 radical (unpaired) electrons. The van der Waals surface area contributed by atoms with Crippen LogP contribution in [0.5, 0.6) is 0 Å². The molecule has 0 N–H and O–H groups in total. The molecule has 0 atom stereocenters. The molecule has 0 aliphatic rings. The molecule has 3 aromatic heterocycles. The van der Waals surface area contributed by atoms with Crippen molar-refractivity contribution < 1.29 is 0 Å². The third-order valence-corrected chi connectivity index (χ3v) is 6.60. The lowest BCUT2D eigenvalue weighted by atomic mass is 9.95. The maximum atomic E-state index is 4.97. The summed E-state index contributed by atoms with van der Waals surface area (Å²) in [5.74, 6) is 0.540. The van der Waals surface area contributed by atoms with Gasteiger partial charge in [-0.2, -0.15) is 5.10 Å². The van der Waals surface area contributed by atoms with Crippen molar-refractivity contribution in [3.63, 3.8) is 0 Å². The van der Waals surface area contributed by atoms with Crippen LogP contribution in [0.2, 0.25) is 0 Å². The number of rotatable bonds is 7. The Morgan fingerprint density at radius 2 is 1.81 bits per heavy atom. The van der Waals surface area contributed by atoms with Crippen LogP contribution in [0.1, 0.15) is 79.8 Å². The Morgan fingerprint density at radius 3 is 2.46 bits per heavy atom. The molecule has 4 heteroatoms. The highest BCUT2D eigenvalue weighted by molar-refractivity contribution is 7.15. The second kappa shape index (κ2) is 7.91. The average molecular weight is 370 g/mol. The Labute approximate surface area is 161 Å². The summed E-state index contributed by atoms with van der Waals surface area (Å²) in [5.41, 5.74) is 7.07. The molecule has 0 unspecified atom stereocenters. The van der Waals surface area contributed by atoms with E-state index < -0.39 is 0 Å². The van der Waals surface area contributed by atoms with Crippen LogP contribution in [0.3, 0.4) is 0 Å². The molecular weight excluding hydrogens is 338 g/mol. The van der Waals surface area contributed by atoms with E-state index in [0.29, 0.717) is 5.92 Å². The molecule has 3 heterocycles. The molecule has 3 nitrogen and oxygen atoms in total. The van der Waals surface area contributed by atoms with Crippen LogP contribution in [-0.4, -0.2) is 14.6 Å². The Morgan fingerprint density at radius 1 is 1.08 bits per heavy atom. The quantitative estimate of drug-likeness (QED) is 0.468. The number of unbranched alkanes of at least 4 members (excludes halogenated alkanes) is 1. The first kappa shape index (κ1) is 19.1. The van der Waals surface area contributed by atoms with E-state index in [9.17, 15) is 0 Å². The van der Waals surface area contributed by atoms with Crippen molar-refractivity contribution in [3.8, 4) is 10.6 Å². The van der Waals surface area contributed by atoms with Gasteiger partial charge in [-0.1, -0.05) is 27.2 Å². The zero-order valence-electron chi connectivity index (χ0n) is 17.0. The zero-order chi connectivity index (χ0) is 18.8. The van der Waals surface area contributed by atoms with Crippen molar-refractivity contribution in [1.82, 2.24) is 14.6 Å². The summed E-state index contributed by atoms with van der Waals surface area (Å²) < 4.78 is 2.11. The van der Waals surface area contributed by atoms with Gasteiger partial charge in [0.2, 0.25) is 0 Å². The first-order chi connectivity index (χ1) is 12.5. The molecule has 3 rings (SSSR count). The summed E-state index contributed by atoms with van der Waals surface area (Å²) in [4.78, 5) is 7.77. The van der Waals surface area contributed by atoms with Crippen LogP contribution in [0.4, 0.5) is 0 Å². The van der Waals surface area contributed by atoms with Gasteiger partial charge in [0.15, 0.2) is 5.65 Å². The normalized spacial score (nSPS) is 11.8. The highest BCUT2D eigenvalue weighted by atomic mass is 32.1. The van der Waals surface area contributed by atoms with E-state index in [-0.39, 0.29) is 0 Å². The number of hydrogen-bond acceptors (Lipinski definition) is 3. The van der Waals surface area contributed by atoms with Gasteiger partial charge >= 0.3 is 0 Å². The highest BCUT2D eigenvalue weighted by Gasteiger charge is 2.21. The Kier molecular flexibility index (Phi) is 5.81. The first-order valence-corrected chi connectivity index (χ1v) is 10.8. The van der Waals surface area contributed by atoms with Crippen LogP contribution in [0.25, 0.3) is 16.2 Å². The molecule has 0 spiro atoms. The fourth-order valence-corrected chi connectivity index (χ4v) is 5.12. The fourth-order valence-electron chi connectivity index (χ4n) is 3.83. The number of aromatic nitrogens is 3. The predicted molar refractivity (Wildman–Crippen MR) is 112 cm³/mol. The topological polar surface area (TPSA) is 30.2 Å². The Bertz CT molecular complexity index is 900. The molecular formula is C22H31N3S. The summed E-state index contributed by atoms with van der Waals surface area (Å²) in [6.45, 7) is 13.2. The lowest BCUT2D eigenvalue weighted by Crippen LogP contribution is -2.05. The third kappa shape index (κ3) is 3.44. The van der Waals surface area contributed by atoms with Gasteiger partial charge < -0.3 is 0 Å². The lowest BCUT2D eigenvalue weighted by molar-refractivity contribution is 0.638. The number of hydrogen-bond donors (Lipinski definition) is 0. The van der Waals surface area contributed by atoms with Crippen molar-refractivity contribution in [3.05, 3.63) is 39.5 Å². The van der Waals surface area contributed by atoms with Crippen LogP contribution < -0.4 is 0 Å². The molecule has 0 aliphatic carbocycles. The summed E-state index contributed by atoms with van der Waals surface area (Å²) in [7, 11) is 0. The maximum absolute atomic E-state index is 4.97. The smallest absolute Gasteiger partial charge is 0.158 e. The van der Waals surface area contributed by atoms with Gasteiger partial charge in [0.05, 0.1) is 16.3 Å². The molecule has 0 aromatic carbocycles. The highest BCUT2D eigenvalue weighted by Crippen LogP contribution is 2.37. The van der Waals surface area contributed by atoms with E-state index in [2.05, 4.69) is 58.2 Å². The second-order valence-electron chi connectivity index (χ2n) is 7.36. The predicted octanol–water partition coefficient (Wildman–Crippen LogP) is 6.63. The fraction of sp³-hybridized carbons (Fsp3) is 0.545. The molecule has 0 saturated carbocycles. The van der Waals surface area contributed by atoms with Gasteiger partial charge in [-0.15, -0.1) is 11.3 Å². The van der Waals surface area contributed by atoms with E-state index in [4.69, 9.17) is 10.1 Å². The zero-order valence-corrected chi connectivity index (χ0v) is 17.8. The summed E-state index contributed by atoms with van der Waals surface area (Å²) in [5, 5.41) is 4.86. The van der Waals surface area contributed by atoms with Crippen LogP contribution in [0, 0.1) is 20.8 Å². The number of fused-ring (bicyclic) bond motifs is 1. The van der Waals surface area contributed by atoms with E-state index in [1.807, 2.05) is 11.3 Å². The van der Waals surface area contributed by atoms with Crippen LogP contribution in [-0.2, 0) is 6.42 Å². The van der Waals surface area contributed by atoms with E-state index in [1.165, 1.54) is 45.8 Å².